The highest BCUT2D eigenvalue weighted by Gasteiger charge is 2.27. The van der Waals surface area contributed by atoms with E-state index in [2.05, 4.69) is 140 Å². The first-order valence-corrected chi connectivity index (χ1v) is 17.6. The van der Waals surface area contributed by atoms with Crippen LogP contribution >= 0.6 is 0 Å². The molecule has 4 nitrogen and oxygen atoms in total. The van der Waals surface area contributed by atoms with Crippen molar-refractivity contribution in [1.29, 1.82) is 10.5 Å². The number of hydrogen-bond acceptors (Lipinski definition) is 2. The van der Waals surface area contributed by atoms with Crippen molar-refractivity contribution >= 4 is 43.6 Å². The van der Waals surface area contributed by atoms with Gasteiger partial charge < -0.3 is 9.13 Å². The minimum atomic E-state index is 0.579. The predicted molar refractivity (Wildman–Crippen MR) is 214 cm³/mol. The first kappa shape index (κ1) is 31.1. The summed E-state index contributed by atoms with van der Waals surface area (Å²) < 4.78 is 4.72. The van der Waals surface area contributed by atoms with E-state index in [4.69, 9.17) is 0 Å². The summed E-state index contributed by atoms with van der Waals surface area (Å²) in [6.45, 7) is 8.54. The van der Waals surface area contributed by atoms with Crippen LogP contribution in [0.15, 0.2) is 133 Å². The molecule has 0 saturated heterocycles. The molecule has 0 unspecified atom stereocenters. The van der Waals surface area contributed by atoms with Crippen molar-refractivity contribution in [2.45, 2.75) is 27.7 Å². The van der Waals surface area contributed by atoms with Crippen molar-refractivity contribution in [3.63, 3.8) is 0 Å². The van der Waals surface area contributed by atoms with Crippen molar-refractivity contribution in [2.24, 2.45) is 0 Å². The number of rotatable bonds is 4. The summed E-state index contributed by atoms with van der Waals surface area (Å²) in [5, 5.41) is 25.8. The molecular formula is C48H34N4. The molecular weight excluding hydrogens is 633 g/mol. The molecule has 0 amide bonds. The maximum atomic E-state index is 10.7. The van der Waals surface area contributed by atoms with E-state index in [1.165, 1.54) is 33.0 Å². The number of nitriles is 2. The van der Waals surface area contributed by atoms with Crippen molar-refractivity contribution in [2.75, 3.05) is 0 Å². The van der Waals surface area contributed by atoms with E-state index in [-0.39, 0.29) is 0 Å². The summed E-state index contributed by atoms with van der Waals surface area (Å²) in [5.41, 5.74) is 15.6. The summed E-state index contributed by atoms with van der Waals surface area (Å²) in [6.07, 6.45) is 0. The summed E-state index contributed by atoms with van der Waals surface area (Å²) in [5.74, 6) is 0. The topological polar surface area (TPSA) is 57.4 Å². The molecule has 0 bridgehead atoms. The second-order valence-corrected chi connectivity index (χ2v) is 13.9. The standard InChI is InChI=1S/C48H34N4/c1-29-13-18-42-38(23-29)39-24-30(2)14-19-43(39)51(42)46-22-17-37(35-11-7-5-9-33(35)27-49)48(47(46)36-12-8-6-10-34(36)28-50)52-44-20-15-31(3)25-40(44)41-26-32(4)16-21-45(41)52/h5-26H,1-4H3. The first-order chi connectivity index (χ1) is 25.4. The van der Waals surface area contributed by atoms with Crippen LogP contribution in [0, 0.1) is 50.4 Å². The van der Waals surface area contributed by atoms with Gasteiger partial charge in [-0.25, -0.2) is 0 Å². The fraction of sp³-hybridized carbons (Fsp3) is 0.0833. The van der Waals surface area contributed by atoms with Gasteiger partial charge in [-0.05, 0) is 94.4 Å². The Morgan fingerprint density at radius 2 is 0.808 bits per heavy atom. The molecule has 0 aliphatic carbocycles. The molecule has 0 fully saturated rings. The lowest BCUT2D eigenvalue weighted by atomic mass is 9.90. The Morgan fingerprint density at radius 1 is 0.404 bits per heavy atom. The maximum absolute atomic E-state index is 10.7. The molecule has 9 rings (SSSR count). The molecule has 0 saturated carbocycles. The van der Waals surface area contributed by atoms with Gasteiger partial charge in [-0.1, -0.05) is 89.0 Å². The van der Waals surface area contributed by atoms with Gasteiger partial charge in [0.25, 0.3) is 0 Å². The number of hydrogen-bond donors (Lipinski definition) is 0. The minimum absolute atomic E-state index is 0.579. The van der Waals surface area contributed by atoms with Crippen LogP contribution in [0.5, 0.6) is 0 Å². The third-order valence-corrected chi connectivity index (χ3v) is 10.4. The minimum Gasteiger partial charge on any atom is -0.309 e. The first-order valence-electron chi connectivity index (χ1n) is 17.6. The van der Waals surface area contributed by atoms with Gasteiger partial charge in [0, 0.05) is 43.8 Å². The fourth-order valence-electron chi connectivity index (χ4n) is 8.10. The van der Waals surface area contributed by atoms with Crippen molar-refractivity contribution < 1.29 is 0 Å². The van der Waals surface area contributed by atoms with Gasteiger partial charge in [0.1, 0.15) is 0 Å². The summed E-state index contributed by atoms with van der Waals surface area (Å²) in [4.78, 5) is 0. The molecule has 2 heterocycles. The number of aryl methyl sites for hydroxylation is 4. The van der Waals surface area contributed by atoms with Crippen molar-refractivity contribution in [3.8, 4) is 45.8 Å². The molecule has 2 aromatic heterocycles. The van der Waals surface area contributed by atoms with E-state index in [1.807, 2.05) is 42.5 Å². The van der Waals surface area contributed by atoms with Gasteiger partial charge in [-0.2, -0.15) is 10.5 Å². The third-order valence-electron chi connectivity index (χ3n) is 10.4. The molecule has 0 spiro atoms. The van der Waals surface area contributed by atoms with Crippen LogP contribution in [-0.4, -0.2) is 9.13 Å². The SMILES string of the molecule is Cc1ccc2c(c1)c1cc(C)ccc1n2-c1ccc(-c2ccccc2C#N)c(-n2c3ccc(C)cc3c3cc(C)ccc32)c1-c1ccccc1C#N. The second-order valence-electron chi connectivity index (χ2n) is 13.9. The fourth-order valence-corrected chi connectivity index (χ4v) is 8.10. The number of aromatic nitrogens is 2. The van der Waals surface area contributed by atoms with Gasteiger partial charge in [0.15, 0.2) is 0 Å². The van der Waals surface area contributed by atoms with Crippen LogP contribution in [0.3, 0.4) is 0 Å². The summed E-state index contributed by atoms with van der Waals surface area (Å²) in [6, 6.07) is 51.6. The van der Waals surface area contributed by atoms with Gasteiger partial charge in [-0.15, -0.1) is 0 Å². The molecule has 7 aromatic carbocycles. The van der Waals surface area contributed by atoms with Gasteiger partial charge >= 0.3 is 0 Å². The number of benzene rings is 7. The lowest BCUT2D eigenvalue weighted by molar-refractivity contribution is 1.14. The molecule has 52 heavy (non-hydrogen) atoms. The van der Waals surface area contributed by atoms with Crippen molar-refractivity contribution in [3.05, 3.63) is 167 Å². The highest BCUT2D eigenvalue weighted by atomic mass is 15.0. The molecule has 0 atom stereocenters. The predicted octanol–water partition coefficient (Wildman–Crippen LogP) is 12.2. The van der Waals surface area contributed by atoms with E-state index in [0.717, 1.165) is 66.5 Å². The van der Waals surface area contributed by atoms with Crippen LogP contribution in [0.25, 0.3) is 77.2 Å². The highest BCUT2D eigenvalue weighted by Crippen LogP contribution is 2.47. The molecule has 246 valence electrons. The molecule has 0 aliphatic rings. The number of fused-ring (bicyclic) bond motifs is 6. The summed E-state index contributed by atoms with van der Waals surface area (Å²) in [7, 11) is 0. The Balaban J connectivity index is 1.57. The lowest BCUT2D eigenvalue weighted by Crippen LogP contribution is -2.07. The van der Waals surface area contributed by atoms with Gasteiger partial charge in [0.05, 0.1) is 56.7 Å². The van der Waals surface area contributed by atoms with Crippen LogP contribution in [0.4, 0.5) is 0 Å². The quantitative estimate of drug-likeness (QED) is 0.188. The Labute approximate surface area is 302 Å². The Bertz CT molecular complexity index is 2910. The van der Waals surface area contributed by atoms with Crippen LogP contribution < -0.4 is 0 Å². The maximum Gasteiger partial charge on any atom is 0.0998 e. The average molecular weight is 667 g/mol. The van der Waals surface area contributed by atoms with Crippen LogP contribution in [-0.2, 0) is 0 Å². The summed E-state index contributed by atoms with van der Waals surface area (Å²) >= 11 is 0. The second kappa shape index (κ2) is 11.9. The Hall–Kier alpha value is -6.88. The van der Waals surface area contributed by atoms with E-state index in [0.29, 0.717) is 11.1 Å². The molecule has 0 aliphatic heterocycles. The average Bonchev–Trinajstić information content (AvgIpc) is 3.64. The van der Waals surface area contributed by atoms with Gasteiger partial charge in [-0.3, -0.25) is 0 Å². The highest BCUT2D eigenvalue weighted by molar-refractivity contribution is 6.13. The van der Waals surface area contributed by atoms with Gasteiger partial charge in [0.2, 0.25) is 0 Å². The van der Waals surface area contributed by atoms with Crippen LogP contribution in [0.1, 0.15) is 33.4 Å². The van der Waals surface area contributed by atoms with E-state index in [9.17, 15) is 10.5 Å². The molecule has 0 N–H and O–H groups in total. The largest absolute Gasteiger partial charge is 0.309 e. The number of nitrogens with zero attached hydrogens (tertiary/aromatic N) is 4. The van der Waals surface area contributed by atoms with E-state index >= 15 is 0 Å². The van der Waals surface area contributed by atoms with Crippen LogP contribution in [0.2, 0.25) is 0 Å². The normalized spacial score (nSPS) is 11.4. The Morgan fingerprint density at radius 3 is 1.27 bits per heavy atom. The zero-order valence-electron chi connectivity index (χ0n) is 29.5. The zero-order valence-corrected chi connectivity index (χ0v) is 29.5. The smallest absolute Gasteiger partial charge is 0.0998 e. The lowest BCUT2D eigenvalue weighted by Gasteiger charge is -2.24. The Kier molecular flexibility index (Phi) is 7.11. The molecule has 9 aromatic rings. The molecule has 4 heteroatoms. The monoisotopic (exact) mass is 666 g/mol. The van der Waals surface area contributed by atoms with E-state index in [1.54, 1.807) is 0 Å². The zero-order chi connectivity index (χ0) is 35.7. The molecule has 0 radical (unpaired) electrons. The van der Waals surface area contributed by atoms with Crippen molar-refractivity contribution in [1.82, 2.24) is 9.13 Å². The van der Waals surface area contributed by atoms with E-state index < -0.39 is 0 Å². The third kappa shape index (κ3) is 4.66.